The van der Waals surface area contributed by atoms with E-state index >= 15 is 0 Å². The number of benzene rings is 2. The summed E-state index contributed by atoms with van der Waals surface area (Å²) in [4.78, 5) is 37.3. The first kappa shape index (κ1) is 30.5. The molecule has 2 aliphatic heterocycles. The van der Waals surface area contributed by atoms with Gasteiger partial charge in [-0.2, -0.15) is 0 Å². The lowest BCUT2D eigenvalue weighted by atomic mass is 10.0. The third kappa shape index (κ3) is 8.35. The second-order valence-electron chi connectivity index (χ2n) is 12.7. The Hall–Kier alpha value is -3.91. The molecule has 0 aliphatic carbocycles. The normalized spacial score (nSPS) is 16.5. The Morgan fingerprint density at radius 2 is 1.70 bits per heavy atom. The maximum atomic E-state index is 13.6. The lowest BCUT2D eigenvalue weighted by Gasteiger charge is -2.29. The summed E-state index contributed by atoms with van der Waals surface area (Å²) in [5.74, 6) is -0.145. The molecule has 5 rings (SSSR count). The number of hydrogen-bond acceptors (Lipinski definition) is 6. The average molecular weight is 584 g/mol. The molecule has 0 radical (unpaired) electrons. The van der Waals surface area contributed by atoms with E-state index in [1.54, 1.807) is 4.90 Å². The van der Waals surface area contributed by atoms with Crippen LogP contribution in [0.4, 0.5) is 16.2 Å². The van der Waals surface area contributed by atoms with E-state index in [2.05, 4.69) is 51.3 Å². The van der Waals surface area contributed by atoms with E-state index in [1.807, 2.05) is 57.3 Å². The van der Waals surface area contributed by atoms with Crippen LogP contribution in [0.5, 0.6) is 0 Å². The van der Waals surface area contributed by atoms with Gasteiger partial charge >= 0.3 is 6.09 Å². The molecule has 0 spiro atoms. The summed E-state index contributed by atoms with van der Waals surface area (Å²) in [7, 11) is 0. The number of nitrogens with one attached hydrogen (secondary N) is 1. The maximum absolute atomic E-state index is 13.6. The van der Waals surface area contributed by atoms with Crippen LogP contribution in [0.1, 0.15) is 67.9 Å². The Balaban J connectivity index is 1.28. The number of hydrogen-bond donors (Lipinski definition) is 1. The molecule has 2 amide bonds. The van der Waals surface area contributed by atoms with Crippen molar-refractivity contribution in [2.24, 2.45) is 0 Å². The number of aromatic nitrogens is 1. The van der Waals surface area contributed by atoms with Gasteiger partial charge in [-0.3, -0.25) is 14.7 Å². The molecule has 0 bridgehead atoms. The zero-order valence-electron chi connectivity index (χ0n) is 26.1. The highest BCUT2D eigenvalue weighted by molar-refractivity contribution is 6.06. The summed E-state index contributed by atoms with van der Waals surface area (Å²) in [6, 6.07) is 18.2. The molecule has 43 heavy (non-hydrogen) atoms. The molecule has 228 valence electrons. The van der Waals surface area contributed by atoms with E-state index in [0.717, 1.165) is 60.7 Å². The lowest BCUT2D eigenvalue weighted by Crippen LogP contribution is -2.39. The van der Waals surface area contributed by atoms with Crippen LogP contribution in [0.15, 0.2) is 60.8 Å². The summed E-state index contributed by atoms with van der Waals surface area (Å²) in [6.45, 7) is 13.5. The number of carbonyl (C=O) groups excluding carboxylic acids is 2. The zero-order chi connectivity index (χ0) is 30.4. The summed E-state index contributed by atoms with van der Waals surface area (Å²) < 4.78 is 5.57. The topological polar surface area (TPSA) is 78.0 Å². The number of rotatable bonds is 6. The Morgan fingerprint density at radius 1 is 0.884 bits per heavy atom. The SMILES string of the molecule is Cc1ccnc(-c2cc(N3CCCCC3)ccc2NC(=O)c2cccc(CN3CCCN(C(=O)OC(C)(C)C)CC3)c2)c1. The molecule has 2 aliphatic rings. The molecule has 2 aromatic carbocycles. The molecule has 3 heterocycles. The van der Waals surface area contributed by atoms with Gasteiger partial charge in [0.25, 0.3) is 5.91 Å². The van der Waals surface area contributed by atoms with Crippen molar-refractivity contribution in [1.82, 2.24) is 14.8 Å². The fourth-order valence-electron chi connectivity index (χ4n) is 5.79. The first-order chi connectivity index (χ1) is 20.6. The van der Waals surface area contributed by atoms with Crippen molar-refractivity contribution < 1.29 is 14.3 Å². The van der Waals surface area contributed by atoms with Gasteiger partial charge in [0.1, 0.15) is 5.60 Å². The summed E-state index contributed by atoms with van der Waals surface area (Å²) in [5.41, 5.74) is 6.01. The van der Waals surface area contributed by atoms with Gasteiger partial charge in [-0.1, -0.05) is 12.1 Å². The quantitative estimate of drug-likeness (QED) is 0.346. The van der Waals surface area contributed by atoms with E-state index in [-0.39, 0.29) is 12.0 Å². The third-order valence-electron chi connectivity index (χ3n) is 8.00. The highest BCUT2D eigenvalue weighted by atomic mass is 16.6. The van der Waals surface area contributed by atoms with Gasteiger partial charge in [0.15, 0.2) is 0 Å². The number of amides is 2. The molecule has 0 atom stereocenters. The van der Waals surface area contributed by atoms with Crippen LogP contribution in [0, 0.1) is 6.92 Å². The number of pyridine rings is 1. The minimum atomic E-state index is -0.503. The Kier molecular flexibility index (Phi) is 9.65. The van der Waals surface area contributed by atoms with Crippen LogP contribution in [0.3, 0.4) is 0 Å². The van der Waals surface area contributed by atoms with Gasteiger partial charge in [-0.15, -0.1) is 0 Å². The lowest BCUT2D eigenvalue weighted by molar-refractivity contribution is 0.0257. The van der Waals surface area contributed by atoms with Crippen molar-refractivity contribution in [3.05, 3.63) is 77.5 Å². The fraction of sp³-hybridized carbons (Fsp3) is 0.457. The summed E-state index contributed by atoms with van der Waals surface area (Å²) in [6.07, 6.45) is 6.12. The largest absolute Gasteiger partial charge is 0.444 e. The van der Waals surface area contributed by atoms with Crippen molar-refractivity contribution in [2.75, 3.05) is 49.5 Å². The second-order valence-corrected chi connectivity index (χ2v) is 12.7. The fourth-order valence-corrected chi connectivity index (χ4v) is 5.79. The Labute approximate surface area is 256 Å². The second kappa shape index (κ2) is 13.6. The van der Waals surface area contributed by atoms with Crippen LogP contribution in [0.2, 0.25) is 0 Å². The monoisotopic (exact) mass is 583 g/mol. The van der Waals surface area contributed by atoms with Crippen molar-refractivity contribution in [3.8, 4) is 11.3 Å². The van der Waals surface area contributed by atoms with Crippen LogP contribution >= 0.6 is 0 Å². The molecule has 3 aromatic rings. The predicted octanol–water partition coefficient (Wildman–Crippen LogP) is 6.74. The zero-order valence-corrected chi connectivity index (χ0v) is 26.1. The van der Waals surface area contributed by atoms with E-state index < -0.39 is 5.60 Å². The first-order valence-electron chi connectivity index (χ1n) is 15.6. The summed E-state index contributed by atoms with van der Waals surface area (Å²) >= 11 is 0. The Bertz CT molecular complexity index is 1430. The molecular formula is C35H45N5O3. The van der Waals surface area contributed by atoms with Crippen molar-refractivity contribution >= 4 is 23.4 Å². The highest BCUT2D eigenvalue weighted by Gasteiger charge is 2.25. The number of anilines is 2. The molecule has 2 fully saturated rings. The van der Waals surface area contributed by atoms with Crippen LogP contribution < -0.4 is 10.2 Å². The third-order valence-corrected chi connectivity index (χ3v) is 8.00. The van der Waals surface area contributed by atoms with Crippen molar-refractivity contribution in [1.29, 1.82) is 0 Å². The minimum absolute atomic E-state index is 0.145. The summed E-state index contributed by atoms with van der Waals surface area (Å²) in [5, 5.41) is 3.18. The number of piperidine rings is 1. The Morgan fingerprint density at radius 3 is 2.47 bits per heavy atom. The standard InChI is InChI=1S/C35H45N5O3/c1-26-14-15-36-32(22-26)30-24-29(39-17-6-5-7-18-39)12-13-31(30)37-33(41)28-11-8-10-27(23-28)25-38-16-9-19-40(21-20-38)34(42)43-35(2,3)4/h8,10-15,22-24H,5-7,9,16-21,25H2,1-4H3,(H,37,41). The highest BCUT2D eigenvalue weighted by Crippen LogP contribution is 2.33. The molecule has 2 saturated heterocycles. The number of ether oxygens (including phenoxy) is 1. The number of carbonyl (C=O) groups is 2. The van der Waals surface area contributed by atoms with Crippen molar-refractivity contribution in [2.45, 2.75) is 65.5 Å². The van der Waals surface area contributed by atoms with Gasteiger partial charge in [-0.25, -0.2) is 4.79 Å². The first-order valence-corrected chi connectivity index (χ1v) is 15.6. The smallest absolute Gasteiger partial charge is 0.410 e. The van der Waals surface area contributed by atoms with E-state index in [1.165, 1.54) is 24.9 Å². The van der Waals surface area contributed by atoms with Gasteiger partial charge in [0.05, 0.1) is 11.4 Å². The van der Waals surface area contributed by atoms with E-state index in [0.29, 0.717) is 25.2 Å². The van der Waals surface area contributed by atoms with Crippen LogP contribution in [0.25, 0.3) is 11.3 Å². The van der Waals surface area contributed by atoms with E-state index in [9.17, 15) is 9.59 Å². The molecular weight excluding hydrogens is 538 g/mol. The van der Waals surface area contributed by atoms with Gasteiger partial charge in [-0.05, 0) is 107 Å². The molecule has 0 unspecified atom stereocenters. The molecule has 0 saturated carbocycles. The van der Waals surface area contributed by atoms with Crippen molar-refractivity contribution in [3.63, 3.8) is 0 Å². The average Bonchev–Trinajstić information content (AvgIpc) is 3.23. The molecule has 8 nitrogen and oxygen atoms in total. The molecule has 1 aromatic heterocycles. The van der Waals surface area contributed by atoms with Crippen LogP contribution in [-0.4, -0.2) is 71.7 Å². The van der Waals surface area contributed by atoms with Gasteiger partial charge in [0.2, 0.25) is 0 Å². The van der Waals surface area contributed by atoms with Gasteiger partial charge in [0, 0.05) is 68.8 Å². The van der Waals surface area contributed by atoms with Crippen LogP contribution in [-0.2, 0) is 11.3 Å². The number of aryl methyl sites for hydroxylation is 1. The maximum Gasteiger partial charge on any atom is 0.410 e. The number of nitrogens with zero attached hydrogens (tertiary/aromatic N) is 4. The molecule has 1 N–H and O–H groups in total. The van der Waals surface area contributed by atoms with E-state index in [4.69, 9.17) is 4.74 Å². The molecule has 8 heteroatoms. The predicted molar refractivity (Wildman–Crippen MR) is 173 cm³/mol. The minimum Gasteiger partial charge on any atom is -0.444 e. The van der Waals surface area contributed by atoms with Gasteiger partial charge < -0.3 is 19.9 Å².